The summed E-state index contributed by atoms with van der Waals surface area (Å²) in [6, 6.07) is 21.3. The highest BCUT2D eigenvalue weighted by molar-refractivity contribution is 6.23. The van der Waals surface area contributed by atoms with Gasteiger partial charge in [0.1, 0.15) is 11.7 Å². The topological polar surface area (TPSA) is 102 Å². The smallest absolute Gasteiger partial charge is 0.269 e. The summed E-state index contributed by atoms with van der Waals surface area (Å²) in [5, 5.41) is 12.7. The van der Waals surface area contributed by atoms with Gasteiger partial charge in [0.15, 0.2) is 6.10 Å². The number of hydrogen-bond acceptors (Lipinski definition) is 7. The minimum atomic E-state index is -1.01. The number of hydroxylamine groups is 1. The average molecular weight is 473 g/mol. The summed E-state index contributed by atoms with van der Waals surface area (Å²) in [5.41, 5.74) is 1.69. The van der Waals surface area contributed by atoms with Gasteiger partial charge in [0.25, 0.3) is 11.6 Å². The summed E-state index contributed by atoms with van der Waals surface area (Å²) in [7, 11) is 0. The average Bonchev–Trinajstić information content (AvgIpc) is 3.39. The molecule has 2 aliphatic rings. The number of nitro benzene ring substituents is 1. The molecule has 5 rings (SSSR count). The van der Waals surface area contributed by atoms with Crippen LogP contribution in [0.25, 0.3) is 0 Å². The van der Waals surface area contributed by atoms with Gasteiger partial charge in [-0.15, -0.1) is 0 Å². The lowest BCUT2D eigenvalue weighted by atomic mass is 9.90. The lowest BCUT2D eigenvalue weighted by Gasteiger charge is -2.28. The first-order valence-corrected chi connectivity index (χ1v) is 11.4. The first kappa shape index (κ1) is 22.5. The second-order valence-corrected chi connectivity index (χ2v) is 8.36. The van der Waals surface area contributed by atoms with Crippen LogP contribution < -0.4 is 14.7 Å². The molecule has 0 N–H and O–H groups in total. The van der Waals surface area contributed by atoms with Crippen LogP contribution in [0.3, 0.4) is 0 Å². The van der Waals surface area contributed by atoms with E-state index in [1.54, 1.807) is 41.5 Å². The number of nitrogens with zero attached hydrogens (tertiary/aromatic N) is 3. The Bertz CT molecular complexity index is 1250. The molecule has 0 aromatic heterocycles. The van der Waals surface area contributed by atoms with E-state index in [0.29, 0.717) is 29.3 Å². The first-order chi connectivity index (χ1) is 17.0. The molecule has 35 heavy (non-hydrogen) atoms. The molecule has 2 fully saturated rings. The number of benzene rings is 3. The monoisotopic (exact) mass is 473 g/mol. The van der Waals surface area contributed by atoms with E-state index in [1.165, 1.54) is 12.1 Å². The second-order valence-electron chi connectivity index (χ2n) is 8.36. The Hall–Kier alpha value is -4.24. The van der Waals surface area contributed by atoms with Crippen LogP contribution in [-0.2, 0) is 14.4 Å². The number of imide groups is 1. The van der Waals surface area contributed by atoms with Crippen molar-refractivity contribution in [3.05, 3.63) is 94.5 Å². The summed E-state index contributed by atoms with van der Waals surface area (Å²) in [4.78, 5) is 44.9. The van der Waals surface area contributed by atoms with Gasteiger partial charge in [0.2, 0.25) is 5.91 Å². The summed E-state index contributed by atoms with van der Waals surface area (Å²) in [6.45, 7) is 2.58. The highest BCUT2D eigenvalue weighted by Crippen LogP contribution is 2.47. The minimum Gasteiger partial charge on any atom is -0.494 e. The maximum absolute atomic E-state index is 13.6. The van der Waals surface area contributed by atoms with Crippen molar-refractivity contribution in [3.8, 4) is 5.75 Å². The predicted octanol–water partition coefficient (Wildman–Crippen LogP) is 4.43. The van der Waals surface area contributed by atoms with Crippen molar-refractivity contribution in [1.82, 2.24) is 0 Å². The van der Waals surface area contributed by atoms with E-state index in [4.69, 9.17) is 9.57 Å². The van der Waals surface area contributed by atoms with Crippen LogP contribution in [0.5, 0.6) is 5.75 Å². The summed E-state index contributed by atoms with van der Waals surface area (Å²) in [5.74, 6) is -0.998. The zero-order valence-corrected chi connectivity index (χ0v) is 18.9. The number of non-ortho nitro benzene ring substituents is 1. The Morgan fingerprint density at radius 3 is 2.23 bits per heavy atom. The van der Waals surface area contributed by atoms with Gasteiger partial charge in [0.05, 0.1) is 28.9 Å². The molecule has 0 bridgehead atoms. The molecule has 0 aliphatic carbocycles. The lowest BCUT2D eigenvalue weighted by Crippen LogP contribution is -2.37. The summed E-state index contributed by atoms with van der Waals surface area (Å²) < 4.78 is 5.60. The zero-order valence-electron chi connectivity index (χ0n) is 18.9. The van der Waals surface area contributed by atoms with E-state index in [9.17, 15) is 19.7 Å². The maximum atomic E-state index is 13.6. The van der Waals surface area contributed by atoms with Crippen LogP contribution in [-0.4, -0.2) is 29.4 Å². The number of fused-ring (bicyclic) bond motifs is 1. The van der Waals surface area contributed by atoms with Crippen LogP contribution >= 0.6 is 0 Å². The van der Waals surface area contributed by atoms with Crippen molar-refractivity contribution < 1.29 is 24.1 Å². The van der Waals surface area contributed by atoms with Gasteiger partial charge in [0, 0.05) is 12.1 Å². The molecule has 2 saturated heterocycles. The van der Waals surface area contributed by atoms with Crippen molar-refractivity contribution >= 4 is 28.9 Å². The molecule has 9 nitrogen and oxygen atoms in total. The predicted molar refractivity (Wildman–Crippen MR) is 128 cm³/mol. The largest absolute Gasteiger partial charge is 0.494 e. The highest BCUT2D eigenvalue weighted by Gasteiger charge is 2.60. The number of anilines is 2. The molecule has 0 unspecified atom stereocenters. The van der Waals surface area contributed by atoms with E-state index in [-0.39, 0.29) is 11.6 Å². The molecule has 0 radical (unpaired) electrons. The van der Waals surface area contributed by atoms with E-state index in [1.807, 2.05) is 37.3 Å². The van der Waals surface area contributed by atoms with Crippen LogP contribution in [0.1, 0.15) is 24.9 Å². The molecule has 3 aromatic carbocycles. The van der Waals surface area contributed by atoms with Crippen molar-refractivity contribution in [1.29, 1.82) is 0 Å². The number of hydrogen-bond donors (Lipinski definition) is 0. The van der Waals surface area contributed by atoms with Crippen molar-refractivity contribution in [2.45, 2.75) is 25.5 Å². The Balaban J connectivity index is 1.50. The molecule has 9 heteroatoms. The Morgan fingerprint density at radius 2 is 1.60 bits per heavy atom. The maximum Gasteiger partial charge on any atom is 0.269 e. The van der Waals surface area contributed by atoms with Gasteiger partial charge >= 0.3 is 0 Å². The van der Waals surface area contributed by atoms with Crippen LogP contribution in [0.15, 0.2) is 78.9 Å². The van der Waals surface area contributed by atoms with E-state index in [2.05, 4.69) is 0 Å². The normalized spacial score (nSPS) is 21.3. The fourth-order valence-corrected chi connectivity index (χ4v) is 4.51. The minimum absolute atomic E-state index is 0.0590. The molecule has 0 saturated carbocycles. The molecule has 0 spiro atoms. The molecule has 2 aliphatic heterocycles. The van der Waals surface area contributed by atoms with Gasteiger partial charge in [-0.2, -0.15) is 0 Å². The third kappa shape index (κ3) is 4.00. The molecular weight excluding hydrogens is 450 g/mol. The standard InChI is InChI=1S/C26H23N3O6/c1-2-16-34-21-14-12-18(13-15-21)27-25(30)22-23(17-8-10-20(11-9-17)29(32)33)28(35-24(22)26(27)31)19-6-4-3-5-7-19/h3-15,22-24H,2,16H2,1H3/t22-,23-,24+/m0/s1. The number of nitro groups is 1. The molecule has 2 heterocycles. The fourth-order valence-electron chi connectivity index (χ4n) is 4.51. The number of rotatable bonds is 7. The first-order valence-electron chi connectivity index (χ1n) is 11.4. The third-order valence-electron chi connectivity index (χ3n) is 6.14. The van der Waals surface area contributed by atoms with Crippen LogP contribution in [0.4, 0.5) is 17.1 Å². The quantitative estimate of drug-likeness (QED) is 0.284. The van der Waals surface area contributed by atoms with E-state index < -0.39 is 28.9 Å². The van der Waals surface area contributed by atoms with Gasteiger partial charge < -0.3 is 4.74 Å². The molecule has 178 valence electrons. The van der Waals surface area contributed by atoms with Crippen molar-refractivity contribution in [3.63, 3.8) is 0 Å². The van der Waals surface area contributed by atoms with E-state index in [0.717, 1.165) is 11.3 Å². The summed E-state index contributed by atoms with van der Waals surface area (Å²) >= 11 is 0. The number of amides is 2. The molecular formula is C26H23N3O6. The lowest BCUT2D eigenvalue weighted by molar-refractivity contribution is -0.384. The number of carbonyl (C=O) groups excluding carboxylic acids is 2. The second kappa shape index (κ2) is 9.19. The van der Waals surface area contributed by atoms with Crippen LogP contribution in [0.2, 0.25) is 0 Å². The van der Waals surface area contributed by atoms with E-state index >= 15 is 0 Å². The third-order valence-corrected chi connectivity index (χ3v) is 6.14. The van der Waals surface area contributed by atoms with Crippen molar-refractivity contribution in [2.75, 3.05) is 16.6 Å². The highest BCUT2D eigenvalue weighted by atomic mass is 16.7. The Morgan fingerprint density at radius 1 is 0.914 bits per heavy atom. The van der Waals surface area contributed by atoms with Gasteiger partial charge in [-0.1, -0.05) is 37.3 Å². The van der Waals surface area contributed by atoms with Gasteiger partial charge in [-0.3, -0.25) is 24.5 Å². The van der Waals surface area contributed by atoms with Gasteiger partial charge in [-0.05, 0) is 48.4 Å². The van der Waals surface area contributed by atoms with Crippen LogP contribution in [0, 0.1) is 16.0 Å². The SMILES string of the molecule is CCCOc1ccc(N2C(=O)[C@@H]3[C@@H](ON(c4ccccc4)[C@H]3c3ccc([N+](=O)[O-])cc3)C2=O)cc1. The van der Waals surface area contributed by atoms with Gasteiger partial charge in [-0.25, -0.2) is 9.96 Å². The number of carbonyl (C=O) groups is 2. The number of para-hydroxylation sites is 1. The molecule has 2 amide bonds. The summed E-state index contributed by atoms with van der Waals surface area (Å²) in [6.07, 6.45) is -0.146. The number of ether oxygens (including phenoxy) is 1. The zero-order chi connectivity index (χ0) is 24.5. The molecule has 3 atom stereocenters. The Kier molecular flexibility index (Phi) is 5.92. The fraction of sp³-hybridized carbons (Fsp3) is 0.231. The molecule has 3 aromatic rings. The van der Waals surface area contributed by atoms with Crippen molar-refractivity contribution in [2.24, 2.45) is 5.92 Å². The Labute approximate surface area is 201 Å².